The van der Waals surface area contributed by atoms with Gasteiger partial charge in [0.15, 0.2) is 17.2 Å². The van der Waals surface area contributed by atoms with Crippen molar-refractivity contribution in [2.75, 3.05) is 7.11 Å². The van der Waals surface area contributed by atoms with Crippen molar-refractivity contribution in [2.24, 2.45) is 0 Å². The zero-order valence-electron chi connectivity index (χ0n) is 11.3. The summed E-state index contributed by atoms with van der Waals surface area (Å²) in [6, 6.07) is 10.2. The van der Waals surface area contributed by atoms with Crippen LogP contribution in [0.4, 0.5) is 0 Å². The van der Waals surface area contributed by atoms with Gasteiger partial charge < -0.3 is 14.6 Å². The van der Waals surface area contributed by atoms with Crippen LogP contribution in [-0.4, -0.2) is 23.2 Å². The predicted octanol–water partition coefficient (Wildman–Crippen LogP) is 3.14. The van der Waals surface area contributed by atoms with Gasteiger partial charge in [0, 0.05) is 6.07 Å². The zero-order chi connectivity index (χ0) is 14.5. The van der Waals surface area contributed by atoms with Crippen molar-refractivity contribution in [1.82, 2.24) is 4.98 Å². The van der Waals surface area contributed by atoms with Gasteiger partial charge >= 0.3 is 5.97 Å². The van der Waals surface area contributed by atoms with E-state index in [4.69, 9.17) is 14.6 Å². The van der Waals surface area contributed by atoms with Gasteiger partial charge in [-0.15, -0.1) is 0 Å². The van der Waals surface area contributed by atoms with E-state index in [0.717, 1.165) is 12.0 Å². The van der Waals surface area contributed by atoms with Crippen LogP contribution in [0.1, 0.15) is 23.0 Å². The Balaban J connectivity index is 2.29. The molecule has 104 valence electrons. The second-order valence-electron chi connectivity index (χ2n) is 4.11. The highest BCUT2D eigenvalue weighted by Gasteiger charge is 2.10. The first-order valence-corrected chi connectivity index (χ1v) is 6.19. The molecular weight excluding hydrogens is 258 g/mol. The van der Waals surface area contributed by atoms with Crippen molar-refractivity contribution >= 4 is 5.97 Å². The smallest absolute Gasteiger partial charge is 0.354 e. The van der Waals surface area contributed by atoms with Crippen LogP contribution < -0.4 is 9.47 Å². The molecule has 0 amide bonds. The highest BCUT2D eigenvalue weighted by Crippen LogP contribution is 2.31. The molecule has 1 heterocycles. The normalized spacial score (nSPS) is 10.1. The van der Waals surface area contributed by atoms with E-state index in [1.165, 1.54) is 6.07 Å². The Hall–Kier alpha value is -2.56. The molecule has 0 saturated heterocycles. The Morgan fingerprint density at radius 1 is 1.25 bits per heavy atom. The minimum atomic E-state index is -1.09. The van der Waals surface area contributed by atoms with E-state index >= 15 is 0 Å². The number of hydrogen-bond acceptors (Lipinski definition) is 4. The molecular formula is C15H15NO4. The third kappa shape index (κ3) is 3.06. The van der Waals surface area contributed by atoms with Gasteiger partial charge in [-0.2, -0.15) is 0 Å². The van der Waals surface area contributed by atoms with Crippen LogP contribution in [0, 0.1) is 0 Å². The first-order valence-electron chi connectivity index (χ1n) is 6.19. The molecule has 0 aliphatic carbocycles. The van der Waals surface area contributed by atoms with Crippen LogP contribution in [0.5, 0.6) is 17.4 Å². The second kappa shape index (κ2) is 6.06. The second-order valence-corrected chi connectivity index (χ2v) is 4.11. The molecule has 2 aromatic rings. The number of rotatable bonds is 5. The fourth-order valence-electron chi connectivity index (χ4n) is 1.72. The molecule has 1 aromatic heterocycles. The molecule has 2 rings (SSSR count). The van der Waals surface area contributed by atoms with E-state index in [0.29, 0.717) is 11.5 Å². The predicted molar refractivity (Wildman–Crippen MR) is 73.6 cm³/mol. The maximum Gasteiger partial charge on any atom is 0.354 e. The number of aryl methyl sites for hydroxylation is 1. The van der Waals surface area contributed by atoms with E-state index in [9.17, 15) is 4.79 Å². The number of aromatic nitrogens is 1. The number of pyridine rings is 1. The van der Waals surface area contributed by atoms with Gasteiger partial charge in [-0.05, 0) is 30.2 Å². The van der Waals surface area contributed by atoms with Crippen molar-refractivity contribution in [3.8, 4) is 17.4 Å². The number of carboxylic acids is 1. The molecule has 5 nitrogen and oxygen atoms in total. The fraction of sp³-hybridized carbons (Fsp3) is 0.200. The van der Waals surface area contributed by atoms with Crippen LogP contribution >= 0.6 is 0 Å². The standard InChI is InChI=1S/C15H15NO4/c1-3-10-7-8-12(13(9-10)19-2)20-14-6-4-5-11(16-14)15(17)18/h4-9H,3H2,1-2H3,(H,17,18). The fourth-order valence-corrected chi connectivity index (χ4v) is 1.72. The Labute approximate surface area is 116 Å². The van der Waals surface area contributed by atoms with Gasteiger partial charge in [0.1, 0.15) is 0 Å². The summed E-state index contributed by atoms with van der Waals surface area (Å²) in [4.78, 5) is 14.8. The molecule has 0 bridgehead atoms. The molecule has 0 fully saturated rings. The summed E-state index contributed by atoms with van der Waals surface area (Å²) in [5.74, 6) is 0.211. The van der Waals surface area contributed by atoms with E-state index in [-0.39, 0.29) is 11.6 Å². The Morgan fingerprint density at radius 3 is 2.70 bits per heavy atom. The topological polar surface area (TPSA) is 68.7 Å². The number of carboxylic acid groups (broad SMARTS) is 1. The number of benzene rings is 1. The monoisotopic (exact) mass is 273 g/mol. The van der Waals surface area contributed by atoms with Gasteiger partial charge in [0.05, 0.1) is 7.11 Å². The highest BCUT2D eigenvalue weighted by atomic mass is 16.5. The van der Waals surface area contributed by atoms with Crippen molar-refractivity contribution in [2.45, 2.75) is 13.3 Å². The van der Waals surface area contributed by atoms with Crippen molar-refractivity contribution in [3.63, 3.8) is 0 Å². The molecule has 0 radical (unpaired) electrons. The highest BCUT2D eigenvalue weighted by molar-refractivity contribution is 5.85. The molecule has 0 atom stereocenters. The summed E-state index contributed by atoms with van der Waals surface area (Å²) in [5, 5.41) is 8.90. The van der Waals surface area contributed by atoms with Gasteiger partial charge in [0.2, 0.25) is 5.88 Å². The summed E-state index contributed by atoms with van der Waals surface area (Å²) in [5.41, 5.74) is 1.06. The lowest BCUT2D eigenvalue weighted by Gasteiger charge is -2.11. The number of hydrogen-bond donors (Lipinski definition) is 1. The minimum absolute atomic E-state index is 0.0633. The Bertz CT molecular complexity index is 625. The van der Waals surface area contributed by atoms with Crippen LogP contribution in [-0.2, 0) is 6.42 Å². The number of methoxy groups -OCH3 is 1. The van der Waals surface area contributed by atoms with E-state index in [1.54, 1.807) is 25.3 Å². The first-order chi connectivity index (χ1) is 9.63. The number of aromatic carboxylic acids is 1. The van der Waals surface area contributed by atoms with Gasteiger partial charge in [-0.3, -0.25) is 0 Å². The number of nitrogens with zero attached hydrogens (tertiary/aromatic N) is 1. The minimum Gasteiger partial charge on any atom is -0.493 e. The van der Waals surface area contributed by atoms with E-state index in [2.05, 4.69) is 4.98 Å². The maximum absolute atomic E-state index is 10.9. The van der Waals surface area contributed by atoms with Crippen LogP contribution in [0.25, 0.3) is 0 Å². The third-order valence-corrected chi connectivity index (χ3v) is 2.79. The summed E-state index contributed by atoms with van der Waals surface area (Å²) >= 11 is 0. The number of carbonyl (C=O) groups is 1. The molecule has 0 aliphatic rings. The maximum atomic E-state index is 10.9. The van der Waals surface area contributed by atoms with Gasteiger partial charge in [0.25, 0.3) is 0 Å². The SMILES string of the molecule is CCc1ccc(Oc2cccc(C(=O)O)n2)c(OC)c1. The lowest BCUT2D eigenvalue weighted by Crippen LogP contribution is -2.01. The molecule has 0 aliphatic heterocycles. The average molecular weight is 273 g/mol. The number of ether oxygens (including phenoxy) is 2. The van der Waals surface area contributed by atoms with Crippen LogP contribution in [0.15, 0.2) is 36.4 Å². The van der Waals surface area contributed by atoms with E-state index in [1.807, 2.05) is 19.1 Å². The lowest BCUT2D eigenvalue weighted by atomic mass is 10.1. The Morgan fingerprint density at radius 2 is 2.05 bits per heavy atom. The Kier molecular flexibility index (Phi) is 4.20. The molecule has 1 aromatic carbocycles. The quantitative estimate of drug-likeness (QED) is 0.906. The van der Waals surface area contributed by atoms with Crippen molar-refractivity contribution in [1.29, 1.82) is 0 Å². The van der Waals surface area contributed by atoms with Crippen LogP contribution in [0.3, 0.4) is 0 Å². The molecule has 0 saturated carbocycles. The zero-order valence-corrected chi connectivity index (χ0v) is 11.3. The average Bonchev–Trinajstić information content (AvgIpc) is 2.48. The van der Waals surface area contributed by atoms with Crippen LogP contribution in [0.2, 0.25) is 0 Å². The summed E-state index contributed by atoms with van der Waals surface area (Å²) in [6.45, 7) is 2.05. The summed E-state index contributed by atoms with van der Waals surface area (Å²) in [7, 11) is 1.56. The van der Waals surface area contributed by atoms with Crippen molar-refractivity contribution in [3.05, 3.63) is 47.7 Å². The molecule has 20 heavy (non-hydrogen) atoms. The van der Waals surface area contributed by atoms with Crippen molar-refractivity contribution < 1.29 is 19.4 Å². The van der Waals surface area contributed by atoms with E-state index < -0.39 is 5.97 Å². The molecule has 0 spiro atoms. The molecule has 1 N–H and O–H groups in total. The summed E-state index contributed by atoms with van der Waals surface area (Å²) < 4.78 is 10.9. The largest absolute Gasteiger partial charge is 0.493 e. The van der Waals surface area contributed by atoms with Gasteiger partial charge in [-0.25, -0.2) is 9.78 Å². The lowest BCUT2D eigenvalue weighted by molar-refractivity contribution is 0.0689. The molecule has 0 unspecified atom stereocenters. The first kappa shape index (κ1) is 13.9. The summed E-state index contributed by atoms with van der Waals surface area (Å²) in [6.07, 6.45) is 0.892. The molecule has 5 heteroatoms. The van der Waals surface area contributed by atoms with Gasteiger partial charge in [-0.1, -0.05) is 19.1 Å². The third-order valence-electron chi connectivity index (χ3n) is 2.79.